The molecule has 0 radical (unpaired) electrons. The summed E-state index contributed by atoms with van der Waals surface area (Å²) in [7, 11) is 4.85. The van der Waals surface area contributed by atoms with E-state index in [4.69, 9.17) is 23.6 Å². The van der Waals surface area contributed by atoms with Crippen molar-refractivity contribution in [3.05, 3.63) is 48.4 Å². The Labute approximate surface area is 211 Å². The Morgan fingerprint density at radius 1 is 1.03 bits per heavy atom. The Morgan fingerprint density at radius 3 is 2.25 bits per heavy atom. The molecule has 1 aliphatic rings. The normalized spacial score (nSPS) is 14.1. The van der Waals surface area contributed by atoms with Crippen LogP contribution in [0, 0.1) is 0 Å². The molecule has 1 fully saturated rings. The number of likely N-dealkylation sites (tertiary alicyclic amines) is 1. The van der Waals surface area contributed by atoms with Crippen LogP contribution >= 0.6 is 0 Å². The number of nitrogens with zero attached hydrogens (tertiary/aromatic N) is 3. The van der Waals surface area contributed by atoms with Gasteiger partial charge < -0.3 is 23.5 Å². The predicted octanol–water partition coefficient (Wildman–Crippen LogP) is 5.43. The van der Waals surface area contributed by atoms with Crippen molar-refractivity contribution in [2.75, 3.05) is 34.4 Å². The minimum Gasteiger partial charge on any atom is -0.497 e. The van der Waals surface area contributed by atoms with Crippen LogP contribution in [0.3, 0.4) is 0 Å². The van der Waals surface area contributed by atoms with Crippen LogP contribution in [0.5, 0.6) is 17.2 Å². The molecule has 9 heteroatoms. The van der Waals surface area contributed by atoms with Gasteiger partial charge in [0.15, 0.2) is 11.7 Å². The monoisotopic (exact) mass is 495 g/mol. The minimum absolute atomic E-state index is 0.0373. The van der Waals surface area contributed by atoms with Gasteiger partial charge in [-0.25, -0.2) is 14.8 Å². The smallest absolute Gasteiger partial charge is 0.343 e. The van der Waals surface area contributed by atoms with Crippen LogP contribution in [-0.2, 0) is 0 Å². The second kappa shape index (κ2) is 10.9. The van der Waals surface area contributed by atoms with E-state index < -0.39 is 0 Å². The van der Waals surface area contributed by atoms with Crippen molar-refractivity contribution in [1.29, 1.82) is 0 Å². The van der Waals surface area contributed by atoms with E-state index >= 15 is 0 Å². The molecule has 1 aromatic heterocycles. The van der Waals surface area contributed by atoms with Crippen LogP contribution in [0.25, 0.3) is 22.6 Å². The predicted molar refractivity (Wildman–Crippen MR) is 135 cm³/mol. The summed E-state index contributed by atoms with van der Waals surface area (Å²) < 4.78 is 22.7. The van der Waals surface area contributed by atoms with E-state index in [-0.39, 0.29) is 18.0 Å². The zero-order valence-corrected chi connectivity index (χ0v) is 21.4. The van der Waals surface area contributed by atoms with Crippen molar-refractivity contribution < 1.29 is 28.6 Å². The highest BCUT2D eigenvalue weighted by Gasteiger charge is 2.31. The Morgan fingerprint density at radius 2 is 1.67 bits per heavy atom. The highest BCUT2D eigenvalue weighted by atomic mass is 16.5. The summed E-state index contributed by atoms with van der Waals surface area (Å²) in [5.74, 6) is 3.30. The number of amides is 2. The summed E-state index contributed by atoms with van der Waals surface area (Å²) in [6.45, 7) is 4.56. The molecule has 1 saturated heterocycles. The molecule has 4 rings (SSSR count). The quantitative estimate of drug-likeness (QED) is 0.345. The molecule has 2 amide bonds. The highest BCUT2D eigenvalue weighted by molar-refractivity contribution is 5.81. The molecule has 9 nitrogen and oxygen atoms in total. The lowest BCUT2D eigenvalue weighted by molar-refractivity contribution is -0.0815. The van der Waals surface area contributed by atoms with Gasteiger partial charge in [-0.2, -0.15) is 0 Å². The van der Waals surface area contributed by atoms with Gasteiger partial charge in [0.2, 0.25) is 0 Å². The van der Waals surface area contributed by atoms with E-state index in [1.54, 1.807) is 40.1 Å². The van der Waals surface area contributed by atoms with Gasteiger partial charge in [-0.3, -0.25) is 5.21 Å². The van der Waals surface area contributed by atoms with E-state index in [1.165, 1.54) is 0 Å². The lowest BCUT2D eigenvalue weighted by Gasteiger charge is -2.33. The van der Waals surface area contributed by atoms with E-state index in [0.29, 0.717) is 54.8 Å². The number of rotatable bonds is 7. The van der Waals surface area contributed by atoms with Crippen LogP contribution < -0.4 is 14.2 Å². The standard InChI is InChI=1S/C27H33N3O6/c1-17(2)30(32)27(31)29-14-12-19(13-15-29)26-28-24(18-6-8-20(33-3)9-7-18)25(36-26)22-11-10-21(34-4)16-23(22)35-5/h6-11,16-17,19,32H,12-15H2,1-5H3. The first-order valence-electron chi connectivity index (χ1n) is 12.0. The molecule has 0 saturated carbocycles. The number of hydrogen-bond acceptors (Lipinski definition) is 7. The van der Waals surface area contributed by atoms with E-state index in [1.807, 2.05) is 42.5 Å². The SMILES string of the molecule is COc1ccc(-c2nc(C3CCN(C(=O)N(O)C(C)C)CC3)oc2-c2ccc(OC)cc2OC)cc1. The molecule has 0 spiro atoms. The Balaban J connectivity index is 1.67. The largest absolute Gasteiger partial charge is 0.497 e. The number of urea groups is 1. The molecule has 2 aromatic carbocycles. The zero-order valence-electron chi connectivity index (χ0n) is 21.4. The fourth-order valence-corrected chi connectivity index (χ4v) is 4.31. The third-order valence-electron chi connectivity index (χ3n) is 6.46. The maximum Gasteiger partial charge on any atom is 0.343 e. The maximum atomic E-state index is 12.5. The molecule has 1 aliphatic heterocycles. The number of benzene rings is 2. The van der Waals surface area contributed by atoms with Gasteiger partial charge in [0.05, 0.1) is 32.9 Å². The fraction of sp³-hybridized carbons (Fsp3) is 0.407. The number of ether oxygens (including phenoxy) is 3. The van der Waals surface area contributed by atoms with Crippen molar-refractivity contribution >= 4 is 6.03 Å². The summed E-state index contributed by atoms with van der Waals surface area (Å²) in [5.41, 5.74) is 2.36. The van der Waals surface area contributed by atoms with Crippen LogP contribution in [-0.4, -0.2) is 66.6 Å². The lowest BCUT2D eigenvalue weighted by Crippen LogP contribution is -2.47. The number of carbonyl (C=O) groups is 1. The van der Waals surface area contributed by atoms with Crippen LogP contribution in [0.2, 0.25) is 0 Å². The van der Waals surface area contributed by atoms with Crippen LogP contribution in [0.15, 0.2) is 46.9 Å². The van der Waals surface area contributed by atoms with Crippen LogP contribution in [0.1, 0.15) is 38.5 Å². The maximum absolute atomic E-state index is 12.5. The van der Waals surface area contributed by atoms with Gasteiger partial charge in [0.25, 0.3) is 0 Å². The van der Waals surface area contributed by atoms with Gasteiger partial charge in [0.1, 0.15) is 22.9 Å². The molecule has 36 heavy (non-hydrogen) atoms. The number of methoxy groups -OCH3 is 3. The Kier molecular flexibility index (Phi) is 7.69. The van der Waals surface area contributed by atoms with Crippen molar-refractivity contribution in [3.63, 3.8) is 0 Å². The molecular weight excluding hydrogens is 462 g/mol. The first-order valence-corrected chi connectivity index (χ1v) is 12.0. The van der Waals surface area contributed by atoms with Crippen molar-refractivity contribution in [1.82, 2.24) is 14.9 Å². The first kappa shape index (κ1) is 25.4. The number of oxazole rings is 1. The fourth-order valence-electron chi connectivity index (χ4n) is 4.31. The summed E-state index contributed by atoms with van der Waals surface area (Å²) in [6.07, 6.45) is 1.36. The van der Waals surface area contributed by atoms with Crippen molar-refractivity contribution in [3.8, 4) is 39.8 Å². The highest BCUT2D eigenvalue weighted by Crippen LogP contribution is 2.42. The van der Waals surface area contributed by atoms with Crippen molar-refractivity contribution in [2.45, 2.75) is 38.6 Å². The van der Waals surface area contributed by atoms with Gasteiger partial charge in [-0.1, -0.05) is 0 Å². The molecule has 0 aliphatic carbocycles. The van der Waals surface area contributed by atoms with Crippen LogP contribution in [0.4, 0.5) is 4.79 Å². The summed E-state index contributed by atoms with van der Waals surface area (Å²) in [6, 6.07) is 12.6. The number of piperidine rings is 1. The topological polar surface area (TPSA) is 97.5 Å². The molecule has 2 heterocycles. The molecule has 0 bridgehead atoms. The summed E-state index contributed by atoms with van der Waals surface area (Å²) >= 11 is 0. The molecule has 3 aromatic rings. The summed E-state index contributed by atoms with van der Waals surface area (Å²) in [4.78, 5) is 19.1. The van der Waals surface area contributed by atoms with E-state index in [0.717, 1.165) is 21.9 Å². The van der Waals surface area contributed by atoms with Gasteiger partial charge in [-0.15, -0.1) is 0 Å². The average Bonchev–Trinajstić information content (AvgIpc) is 3.37. The Hall–Kier alpha value is -3.72. The third kappa shape index (κ3) is 5.11. The second-order valence-electron chi connectivity index (χ2n) is 9.01. The average molecular weight is 496 g/mol. The summed E-state index contributed by atoms with van der Waals surface area (Å²) in [5, 5.41) is 10.8. The molecule has 0 unspecified atom stereocenters. The number of aromatic nitrogens is 1. The number of hydrogen-bond donors (Lipinski definition) is 1. The second-order valence-corrected chi connectivity index (χ2v) is 9.01. The lowest BCUT2D eigenvalue weighted by atomic mass is 9.97. The minimum atomic E-state index is -0.376. The van der Waals surface area contributed by atoms with E-state index in [2.05, 4.69) is 0 Å². The van der Waals surface area contributed by atoms with E-state index in [9.17, 15) is 10.0 Å². The van der Waals surface area contributed by atoms with Gasteiger partial charge in [0, 0.05) is 30.6 Å². The first-order chi connectivity index (χ1) is 17.4. The zero-order chi connectivity index (χ0) is 25.8. The molecule has 0 atom stereocenters. The number of hydroxylamine groups is 2. The molecule has 192 valence electrons. The Bertz CT molecular complexity index is 1180. The molecular formula is C27H33N3O6. The molecule has 1 N–H and O–H groups in total. The number of carbonyl (C=O) groups excluding carboxylic acids is 1. The third-order valence-corrected chi connectivity index (χ3v) is 6.46. The van der Waals surface area contributed by atoms with Gasteiger partial charge >= 0.3 is 6.03 Å². The van der Waals surface area contributed by atoms with Gasteiger partial charge in [-0.05, 0) is 63.1 Å². The van der Waals surface area contributed by atoms with Crippen molar-refractivity contribution in [2.24, 2.45) is 0 Å².